The Morgan fingerprint density at radius 2 is 2.37 bits per heavy atom. The van der Waals surface area contributed by atoms with Crippen LogP contribution in [0.2, 0.25) is 0 Å². The molecule has 1 aromatic rings. The van der Waals surface area contributed by atoms with Gasteiger partial charge in [-0.3, -0.25) is 14.0 Å². The summed E-state index contributed by atoms with van der Waals surface area (Å²) >= 11 is 0. The number of nitrogens with one attached hydrogen (secondary N) is 1. The fourth-order valence-corrected chi connectivity index (χ4v) is 1.70. The molecule has 0 aliphatic carbocycles. The van der Waals surface area contributed by atoms with Gasteiger partial charge in [0.1, 0.15) is 0 Å². The number of amides is 1. The summed E-state index contributed by atoms with van der Waals surface area (Å²) in [6.07, 6.45) is 4.97. The number of aromatic nitrogens is 1. The zero-order chi connectivity index (χ0) is 14.1. The molecule has 1 heterocycles. The van der Waals surface area contributed by atoms with Gasteiger partial charge in [-0.1, -0.05) is 11.8 Å². The van der Waals surface area contributed by atoms with Gasteiger partial charge in [-0.25, -0.2) is 0 Å². The first kappa shape index (κ1) is 15.3. The van der Waals surface area contributed by atoms with E-state index in [0.717, 1.165) is 0 Å². The van der Waals surface area contributed by atoms with Crippen LogP contribution in [0.3, 0.4) is 0 Å². The first-order chi connectivity index (χ1) is 9.15. The van der Waals surface area contributed by atoms with Gasteiger partial charge >= 0.3 is 0 Å². The van der Waals surface area contributed by atoms with Gasteiger partial charge in [-0.05, 0) is 6.07 Å². The largest absolute Gasteiger partial charge is 0.395 e. The minimum Gasteiger partial charge on any atom is -0.395 e. The third-order valence-corrected chi connectivity index (χ3v) is 2.98. The van der Waals surface area contributed by atoms with Gasteiger partial charge in [-0.15, -0.1) is 0 Å². The van der Waals surface area contributed by atoms with Crippen molar-refractivity contribution in [2.24, 2.45) is 0 Å². The van der Waals surface area contributed by atoms with E-state index in [1.807, 2.05) is 0 Å². The molecule has 0 spiro atoms. The van der Waals surface area contributed by atoms with Crippen LogP contribution >= 0.6 is 0 Å². The third-order valence-electron chi connectivity index (χ3n) is 2.20. The number of aliphatic hydroxyl groups is 1. The molecule has 19 heavy (non-hydrogen) atoms. The van der Waals surface area contributed by atoms with E-state index >= 15 is 0 Å². The van der Waals surface area contributed by atoms with Crippen LogP contribution in [-0.2, 0) is 10.8 Å². The van der Waals surface area contributed by atoms with Crippen molar-refractivity contribution < 1.29 is 14.1 Å². The maximum Gasteiger partial charge on any atom is 0.252 e. The Hall–Kier alpha value is -1.71. The molecule has 1 rings (SSSR count). The molecule has 0 saturated heterocycles. The smallest absolute Gasteiger partial charge is 0.252 e. The normalized spacial score (nSPS) is 11.3. The molecule has 1 unspecified atom stereocenters. The van der Waals surface area contributed by atoms with Crippen LogP contribution in [0, 0.1) is 11.8 Å². The quantitative estimate of drug-likeness (QED) is 0.740. The number of carbonyl (C=O) groups excluding carboxylic acids is 1. The lowest BCUT2D eigenvalue weighted by Gasteiger charge is -2.05. The van der Waals surface area contributed by atoms with Crippen LogP contribution < -0.4 is 5.32 Å². The third kappa shape index (κ3) is 5.64. The fourth-order valence-electron chi connectivity index (χ4n) is 1.31. The maximum atomic E-state index is 11.9. The second-order valence-corrected chi connectivity index (χ2v) is 5.28. The van der Waals surface area contributed by atoms with Gasteiger partial charge in [0.2, 0.25) is 0 Å². The van der Waals surface area contributed by atoms with Crippen molar-refractivity contribution >= 4 is 16.7 Å². The molecule has 0 aliphatic heterocycles. The molecule has 0 fully saturated rings. The summed E-state index contributed by atoms with van der Waals surface area (Å²) in [7, 11) is -0.933. The maximum absolute atomic E-state index is 11.9. The Morgan fingerprint density at radius 1 is 1.58 bits per heavy atom. The molecule has 0 aromatic carbocycles. The van der Waals surface area contributed by atoms with Gasteiger partial charge in [0, 0.05) is 48.2 Å². The number of hydrogen-bond acceptors (Lipinski definition) is 4. The summed E-state index contributed by atoms with van der Waals surface area (Å²) in [6, 6.07) is 1.58. The highest BCUT2D eigenvalue weighted by atomic mass is 32.2. The molecule has 102 valence electrons. The lowest BCUT2D eigenvalue weighted by atomic mass is 10.1. The zero-order valence-corrected chi connectivity index (χ0v) is 11.5. The SMILES string of the molecule is CS(=O)CCNC(=O)c1ccncc1C#CCCO. The van der Waals surface area contributed by atoms with Crippen molar-refractivity contribution in [2.75, 3.05) is 25.2 Å². The second-order valence-electron chi connectivity index (χ2n) is 3.73. The van der Waals surface area contributed by atoms with E-state index in [9.17, 15) is 9.00 Å². The highest BCUT2D eigenvalue weighted by Gasteiger charge is 2.09. The average molecular weight is 280 g/mol. The van der Waals surface area contributed by atoms with Gasteiger partial charge in [0.05, 0.1) is 17.7 Å². The van der Waals surface area contributed by atoms with Crippen molar-refractivity contribution in [3.63, 3.8) is 0 Å². The van der Waals surface area contributed by atoms with Gasteiger partial charge in [-0.2, -0.15) is 0 Å². The number of aliphatic hydroxyl groups excluding tert-OH is 1. The summed E-state index contributed by atoms with van der Waals surface area (Å²) < 4.78 is 10.9. The molecule has 0 saturated carbocycles. The van der Waals surface area contributed by atoms with Crippen LogP contribution in [-0.4, -0.2) is 45.4 Å². The van der Waals surface area contributed by atoms with Gasteiger partial charge in [0.25, 0.3) is 5.91 Å². The van der Waals surface area contributed by atoms with Crippen LogP contribution in [0.15, 0.2) is 18.5 Å². The number of carbonyl (C=O) groups is 1. The standard InChI is InChI=1S/C13H16N2O3S/c1-19(18)9-7-15-13(17)12-5-6-14-10-11(12)4-2-3-8-16/h5-6,10,16H,3,7-9H2,1H3,(H,15,17). The van der Waals surface area contributed by atoms with Crippen LogP contribution in [0.1, 0.15) is 22.3 Å². The Morgan fingerprint density at radius 3 is 3.05 bits per heavy atom. The van der Waals surface area contributed by atoms with E-state index in [0.29, 0.717) is 29.8 Å². The van der Waals surface area contributed by atoms with Crippen molar-refractivity contribution in [3.8, 4) is 11.8 Å². The van der Waals surface area contributed by atoms with E-state index in [2.05, 4.69) is 22.1 Å². The molecular weight excluding hydrogens is 264 g/mol. The fraction of sp³-hybridized carbons (Fsp3) is 0.385. The molecule has 5 nitrogen and oxygen atoms in total. The Balaban J connectivity index is 2.74. The molecular formula is C13H16N2O3S. The predicted octanol–water partition coefficient (Wildman–Crippen LogP) is -0.0762. The Kier molecular flexibility index (Phi) is 6.79. The molecule has 0 radical (unpaired) electrons. The number of pyridine rings is 1. The number of hydrogen-bond donors (Lipinski definition) is 2. The minimum absolute atomic E-state index is 0.0168. The first-order valence-corrected chi connectivity index (χ1v) is 7.50. The minimum atomic E-state index is -0.933. The van der Waals surface area contributed by atoms with Gasteiger partial charge < -0.3 is 10.4 Å². The van der Waals surface area contributed by atoms with Crippen LogP contribution in [0.4, 0.5) is 0 Å². The summed E-state index contributed by atoms with van der Waals surface area (Å²) in [4.78, 5) is 15.8. The monoisotopic (exact) mass is 280 g/mol. The second kappa shape index (κ2) is 8.40. The number of rotatable bonds is 5. The molecule has 0 aliphatic rings. The molecule has 1 atom stereocenters. The summed E-state index contributed by atoms with van der Waals surface area (Å²) in [5.74, 6) is 5.71. The number of nitrogens with zero attached hydrogens (tertiary/aromatic N) is 1. The van der Waals surface area contributed by atoms with Crippen molar-refractivity contribution in [2.45, 2.75) is 6.42 Å². The molecule has 0 bridgehead atoms. The van der Waals surface area contributed by atoms with Crippen LogP contribution in [0.25, 0.3) is 0 Å². The van der Waals surface area contributed by atoms with Crippen molar-refractivity contribution in [3.05, 3.63) is 29.6 Å². The Bertz CT molecular complexity index is 520. The van der Waals surface area contributed by atoms with E-state index < -0.39 is 10.8 Å². The van der Waals surface area contributed by atoms with E-state index in [1.54, 1.807) is 12.3 Å². The highest BCUT2D eigenvalue weighted by molar-refractivity contribution is 7.84. The van der Waals surface area contributed by atoms with E-state index in [4.69, 9.17) is 5.11 Å². The molecule has 1 amide bonds. The summed E-state index contributed by atoms with van der Waals surface area (Å²) in [5, 5.41) is 11.3. The van der Waals surface area contributed by atoms with Crippen molar-refractivity contribution in [1.82, 2.24) is 10.3 Å². The van der Waals surface area contributed by atoms with Crippen LogP contribution in [0.5, 0.6) is 0 Å². The lowest BCUT2D eigenvalue weighted by molar-refractivity contribution is 0.0956. The first-order valence-electron chi connectivity index (χ1n) is 5.77. The van der Waals surface area contributed by atoms with E-state index in [1.165, 1.54) is 12.4 Å². The highest BCUT2D eigenvalue weighted by Crippen LogP contribution is 2.05. The Labute approximate surface area is 114 Å². The van der Waals surface area contributed by atoms with Crippen molar-refractivity contribution in [1.29, 1.82) is 0 Å². The molecule has 2 N–H and O–H groups in total. The summed E-state index contributed by atoms with van der Waals surface area (Å²) in [6.45, 7) is 0.338. The topological polar surface area (TPSA) is 79.3 Å². The summed E-state index contributed by atoms with van der Waals surface area (Å²) in [5.41, 5.74) is 0.952. The van der Waals surface area contributed by atoms with E-state index in [-0.39, 0.29) is 12.5 Å². The average Bonchev–Trinajstić information content (AvgIpc) is 2.39. The molecule has 1 aromatic heterocycles. The van der Waals surface area contributed by atoms with Gasteiger partial charge in [0.15, 0.2) is 0 Å². The zero-order valence-electron chi connectivity index (χ0n) is 10.7. The molecule has 6 heteroatoms. The predicted molar refractivity (Wildman–Crippen MR) is 74.1 cm³/mol. The lowest BCUT2D eigenvalue weighted by Crippen LogP contribution is -2.28.